The third-order valence-electron chi connectivity index (χ3n) is 5.34. The zero-order valence-corrected chi connectivity index (χ0v) is 18.4. The Morgan fingerprint density at radius 1 is 1.30 bits per heavy atom. The maximum Gasteiger partial charge on any atom is 0.194 e. The van der Waals surface area contributed by atoms with Crippen molar-refractivity contribution in [2.75, 3.05) is 59.1 Å². The second kappa shape index (κ2) is 11.2. The second-order valence-corrected chi connectivity index (χ2v) is 7.19. The number of nitrogens with zero attached hydrogens (tertiary/aromatic N) is 4. The van der Waals surface area contributed by atoms with Crippen LogP contribution >= 0.6 is 24.0 Å². The molecular weight excluding hydrogens is 461 g/mol. The van der Waals surface area contributed by atoms with Crippen LogP contribution in [0.2, 0.25) is 0 Å². The molecule has 1 aromatic rings. The van der Waals surface area contributed by atoms with E-state index in [9.17, 15) is 5.11 Å². The van der Waals surface area contributed by atoms with E-state index >= 15 is 0 Å². The number of hydrogen-bond acceptors (Lipinski definition) is 6. The first-order valence-corrected chi connectivity index (χ1v) is 9.58. The fourth-order valence-electron chi connectivity index (χ4n) is 3.51. The van der Waals surface area contributed by atoms with Crippen LogP contribution in [0.4, 0.5) is 0 Å². The van der Waals surface area contributed by atoms with Crippen LogP contribution in [0.1, 0.15) is 25.5 Å². The number of halogens is 1. The van der Waals surface area contributed by atoms with Gasteiger partial charge < -0.3 is 24.6 Å². The van der Waals surface area contributed by atoms with Gasteiger partial charge in [0.1, 0.15) is 6.26 Å². The molecule has 0 bridgehead atoms. The second-order valence-electron chi connectivity index (χ2n) is 7.19. The number of nitrogens with one attached hydrogen (secondary N) is 1. The largest absolute Gasteiger partial charge is 0.396 e. The van der Waals surface area contributed by atoms with Gasteiger partial charge in [-0.2, -0.15) is 0 Å². The average Bonchev–Trinajstić information content (AvgIpc) is 3.20. The summed E-state index contributed by atoms with van der Waals surface area (Å²) in [6.07, 6.45) is 3.37. The molecule has 0 aromatic carbocycles. The van der Waals surface area contributed by atoms with Crippen molar-refractivity contribution in [1.82, 2.24) is 20.3 Å². The first kappa shape index (κ1) is 22.4. The Kier molecular flexibility index (Phi) is 9.27. The van der Waals surface area contributed by atoms with Gasteiger partial charge in [-0.15, -0.1) is 24.0 Å². The van der Waals surface area contributed by atoms with E-state index in [0.717, 1.165) is 63.8 Å². The fourth-order valence-corrected chi connectivity index (χ4v) is 3.51. The van der Waals surface area contributed by atoms with Crippen molar-refractivity contribution in [1.29, 1.82) is 0 Å². The van der Waals surface area contributed by atoms with E-state index in [-0.39, 0.29) is 36.0 Å². The standard InChI is InChI=1S/C18H31N5O3.HI/c1-2-19-17(20-14-18(15-24)4-11-25-12-5-18)23-8-6-22(7-9-23)13-16-3-10-26-21-16;/h3,10,24H,2,4-9,11-15H2,1H3,(H,19,20);1H. The summed E-state index contributed by atoms with van der Waals surface area (Å²) in [5.41, 5.74) is 0.844. The van der Waals surface area contributed by atoms with Crippen LogP contribution in [0.5, 0.6) is 0 Å². The number of aliphatic hydroxyl groups excluding tert-OH is 1. The molecule has 2 aliphatic heterocycles. The summed E-state index contributed by atoms with van der Waals surface area (Å²) >= 11 is 0. The summed E-state index contributed by atoms with van der Waals surface area (Å²) in [7, 11) is 0. The van der Waals surface area contributed by atoms with Gasteiger partial charge >= 0.3 is 0 Å². The van der Waals surface area contributed by atoms with Gasteiger partial charge in [-0.3, -0.25) is 9.89 Å². The summed E-state index contributed by atoms with van der Waals surface area (Å²) < 4.78 is 10.4. The highest BCUT2D eigenvalue weighted by atomic mass is 127. The number of aromatic nitrogens is 1. The highest BCUT2D eigenvalue weighted by Crippen LogP contribution is 2.30. The van der Waals surface area contributed by atoms with Gasteiger partial charge in [0.05, 0.1) is 18.8 Å². The molecule has 3 rings (SSSR count). The van der Waals surface area contributed by atoms with E-state index in [4.69, 9.17) is 14.3 Å². The molecule has 0 radical (unpaired) electrons. The predicted molar refractivity (Wildman–Crippen MR) is 114 cm³/mol. The molecule has 2 aliphatic rings. The summed E-state index contributed by atoms with van der Waals surface area (Å²) in [6.45, 7) is 9.80. The molecule has 0 spiro atoms. The molecule has 0 saturated carbocycles. The van der Waals surface area contributed by atoms with E-state index in [2.05, 4.69) is 27.2 Å². The molecule has 8 nitrogen and oxygen atoms in total. The molecule has 1 aromatic heterocycles. The predicted octanol–water partition coefficient (Wildman–Crippen LogP) is 1.16. The molecule has 2 saturated heterocycles. The molecule has 3 heterocycles. The lowest BCUT2D eigenvalue weighted by atomic mass is 9.81. The van der Waals surface area contributed by atoms with E-state index in [1.54, 1.807) is 6.26 Å². The number of piperazine rings is 1. The zero-order chi connectivity index (χ0) is 18.2. The molecule has 154 valence electrons. The van der Waals surface area contributed by atoms with Crippen molar-refractivity contribution in [3.8, 4) is 0 Å². The van der Waals surface area contributed by atoms with Crippen molar-refractivity contribution < 1.29 is 14.4 Å². The molecule has 27 heavy (non-hydrogen) atoms. The van der Waals surface area contributed by atoms with Crippen LogP contribution in [0.25, 0.3) is 0 Å². The van der Waals surface area contributed by atoms with Crippen LogP contribution < -0.4 is 5.32 Å². The van der Waals surface area contributed by atoms with Gasteiger partial charge in [-0.1, -0.05) is 5.16 Å². The molecule has 0 atom stereocenters. The Morgan fingerprint density at radius 3 is 2.63 bits per heavy atom. The Morgan fingerprint density at radius 2 is 2.04 bits per heavy atom. The highest BCUT2D eigenvalue weighted by Gasteiger charge is 2.32. The smallest absolute Gasteiger partial charge is 0.194 e. The molecule has 2 N–H and O–H groups in total. The summed E-state index contributed by atoms with van der Waals surface area (Å²) in [6, 6.07) is 1.92. The van der Waals surface area contributed by atoms with Gasteiger partial charge in [-0.05, 0) is 19.8 Å². The van der Waals surface area contributed by atoms with Crippen LogP contribution in [0.3, 0.4) is 0 Å². The Labute approximate surface area is 178 Å². The molecular formula is C18H32IN5O3. The number of hydrogen-bond donors (Lipinski definition) is 2. The van der Waals surface area contributed by atoms with Gasteiger partial charge in [0, 0.05) is 64.0 Å². The monoisotopic (exact) mass is 493 g/mol. The Hall–Kier alpha value is -0.910. The van der Waals surface area contributed by atoms with Crippen molar-refractivity contribution >= 4 is 29.9 Å². The van der Waals surface area contributed by atoms with Gasteiger partial charge in [0.25, 0.3) is 0 Å². The van der Waals surface area contributed by atoms with Gasteiger partial charge in [0.2, 0.25) is 0 Å². The lowest BCUT2D eigenvalue weighted by Crippen LogP contribution is -2.52. The molecule has 0 amide bonds. The van der Waals surface area contributed by atoms with E-state index in [1.165, 1.54) is 0 Å². The van der Waals surface area contributed by atoms with E-state index in [1.807, 2.05) is 6.07 Å². The highest BCUT2D eigenvalue weighted by molar-refractivity contribution is 14.0. The van der Waals surface area contributed by atoms with Crippen molar-refractivity contribution in [3.63, 3.8) is 0 Å². The number of ether oxygens (including phenoxy) is 1. The van der Waals surface area contributed by atoms with Gasteiger partial charge in [-0.25, -0.2) is 0 Å². The third kappa shape index (κ3) is 6.30. The SMILES string of the molecule is CCNC(=NCC1(CO)CCOCC1)N1CCN(Cc2ccon2)CC1.I. The fraction of sp³-hybridized carbons (Fsp3) is 0.778. The summed E-state index contributed by atoms with van der Waals surface area (Å²) in [5, 5.41) is 17.3. The minimum Gasteiger partial charge on any atom is -0.396 e. The normalized spacial score (nSPS) is 21.0. The first-order chi connectivity index (χ1) is 12.7. The zero-order valence-electron chi connectivity index (χ0n) is 16.1. The molecule has 0 aliphatic carbocycles. The lowest BCUT2D eigenvalue weighted by Gasteiger charge is -2.37. The van der Waals surface area contributed by atoms with E-state index < -0.39 is 0 Å². The van der Waals surface area contributed by atoms with Crippen LogP contribution in [-0.2, 0) is 11.3 Å². The lowest BCUT2D eigenvalue weighted by molar-refractivity contribution is -0.0107. The minimum atomic E-state index is -0.131. The number of aliphatic hydroxyl groups is 1. The number of rotatable bonds is 6. The van der Waals surface area contributed by atoms with Crippen molar-refractivity contribution in [2.24, 2.45) is 10.4 Å². The first-order valence-electron chi connectivity index (χ1n) is 9.58. The van der Waals surface area contributed by atoms with Crippen molar-refractivity contribution in [3.05, 3.63) is 18.0 Å². The number of guanidine groups is 1. The molecule has 9 heteroatoms. The van der Waals surface area contributed by atoms with Crippen LogP contribution in [0, 0.1) is 5.41 Å². The average molecular weight is 493 g/mol. The van der Waals surface area contributed by atoms with E-state index in [0.29, 0.717) is 19.8 Å². The summed E-state index contributed by atoms with van der Waals surface area (Å²) in [4.78, 5) is 9.57. The maximum absolute atomic E-state index is 9.87. The van der Waals surface area contributed by atoms with Crippen LogP contribution in [-0.4, -0.2) is 85.1 Å². The number of aliphatic imine (C=N–C) groups is 1. The summed E-state index contributed by atoms with van der Waals surface area (Å²) in [5.74, 6) is 0.952. The Bertz CT molecular complexity index is 555. The van der Waals surface area contributed by atoms with Crippen LogP contribution in [0.15, 0.2) is 21.8 Å². The topological polar surface area (TPSA) is 86.4 Å². The van der Waals surface area contributed by atoms with Gasteiger partial charge in [0.15, 0.2) is 5.96 Å². The quantitative estimate of drug-likeness (QED) is 0.350. The maximum atomic E-state index is 9.87. The van der Waals surface area contributed by atoms with Crippen molar-refractivity contribution in [2.45, 2.75) is 26.3 Å². The Balaban J connectivity index is 0.00000261. The molecule has 2 fully saturated rings. The minimum absolute atomic E-state index is 0. The molecule has 0 unspecified atom stereocenters. The third-order valence-corrected chi connectivity index (χ3v) is 5.34.